The molecular weight excluding hydrogens is 370 g/mol. The fourth-order valence-corrected chi connectivity index (χ4v) is 4.95. The zero-order valence-electron chi connectivity index (χ0n) is 14.4. The Morgan fingerprint density at radius 2 is 2.00 bits per heavy atom. The van der Waals surface area contributed by atoms with Gasteiger partial charge in [-0.2, -0.15) is 0 Å². The van der Waals surface area contributed by atoms with Crippen LogP contribution in [0.25, 0.3) is 9.88 Å². The van der Waals surface area contributed by atoms with Crippen LogP contribution in [0, 0.1) is 0 Å². The molecule has 0 aliphatic carbocycles. The van der Waals surface area contributed by atoms with Gasteiger partial charge in [-0.3, -0.25) is 9.59 Å². The molecule has 4 rings (SSSR count). The number of ether oxygens (including phenoxy) is 1. The first-order chi connectivity index (χ1) is 12.7. The van der Waals surface area contributed by atoms with E-state index in [0.29, 0.717) is 39.2 Å². The predicted octanol–water partition coefficient (Wildman–Crippen LogP) is 2.26. The molecule has 2 aromatic heterocycles. The largest absolute Gasteiger partial charge is 0.368 e. The molecule has 1 atom stereocenters. The average Bonchev–Trinajstić information content (AvgIpc) is 3.42. The summed E-state index contributed by atoms with van der Waals surface area (Å²) in [6.07, 6.45) is 1.81. The fourth-order valence-electron chi connectivity index (χ4n) is 3.32. The summed E-state index contributed by atoms with van der Waals surface area (Å²) in [5.74, 6) is 0.159. The molecule has 2 amide bonds. The van der Waals surface area contributed by atoms with Crippen molar-refractivity contribution in [3.8, 4) is 9.88 Å². The van der Waals surface area contributed by atoms with Crippen molar-refractivity contribution in [2.24, 2.45) is 0 Å². The maximum Gasteiger partial charge on any atom is 0.251 e. The molecule has 4 heterocycles. The number of carbonyl (C=O) groups is 2. The van der Waals surface area contributed by atoms with Crippen LogP contribution in [0.15, 0.2) is 22.9 Å². The van der Waals surface area contributed by atoms with Crippen molar-refractivity contribution in [2.75, 3.05) is 32.8 Å². The molecule has 26 heavy (non-hydrogen) atoms. The van der Waals surface area contributed by atoms with E-state index >= 15 is 0 Å². The number of carbonyl (C=O) groups excluding carboxylic acids is 2. The summed E-state index contributed by atoms with van der Waals surface area (Å²) >= 11 is 3.23. The van der Waals surface area contributed by atoms with Gasteiger partial charge < -0.3 is 14.5 Å². The minimum Gasteiger partial charge on any atom is -0.368 e. The normalized spacial score (nSPS) is 20.5. The number of piperazine rings is 1. The first-order valence-electron chi connectivity index (χ1n) is 8.87. The van der Waals surface area contributed by atoms with Gasteiger partial charge in [0.25, 0.3) is 5.91 Å². The Morgan fingerprint density at radius 3 is 2.69 bits per heavy atom. The lowest BCUT2D eigenvalue weighted by molar-refractivity contribution is -0.145. The molecule has 0 bridgehead atoms. The van der Waals surface area contributed by atoms with Crippen LogP contribution >= 0.6 is 22.7 Å². The van der Waals surface area contributed by atoms with Crippen molar-refractivity contribution in [3.63, 3.8) is 0 Å². The molecule has 6 nitrogen and oxygen atoms in total. The third kappa shape index (κ3) is 3.82. The van der Waals surface area contributed by atoms with Crippen LogP contribution in [0.3, 0.4) is 0 Å². The minimum absolute atomic E-state index is 0.0784. The number of thiazole rings is 1. The topological polar surface area (TPSA) is 62.7 Å². The van der Waals surface area contributed by atoms with E-state index in [2.05, 4.69) is 4.98 Å². The summed E-state index contributed by atoms with van der Waals surface area (Å²) in [6, 6.07) is 4.04. The molecule has 1 unspecified atom stereocenters. The molecule has 2 fully saturated rings. The summed E-state index contributed by atoms with van der Waals surface area (Å²) in [4.78, 5) is 34.3. The number of hydrogen-bond donors (Lipinski definition) is 0. The lowest BCUT2D eigenvalue weighted by Crippen LogP contribution is -2.53. The van der Waals surface area contributed by atoms with Gasteiger partial charge in [-0.15, -0.1) is 22.7 Å². The molecule has 0 radical (unpaired) electrons. The molecule has 0 spiro atoms. The molecule has 0 saturated carbocycles. The number of aromatic nitrogens is 1. The molecule has 2 aliphatic rings. The Labute approximate surface area is 160 Å². The quantitative estimate of drug-likeness (QED) is 0.802. The van der Waals surface area contributed by atoms with Crippen LogP contribution in [0.1, 0.15) is 18.5 Å². The molecule has 2 saturated heterocycles. The van der Waals surface area contributed by atoms with Gasteiger partial charge in [-0.1, -0.05) is 6.07 Å². The van der Waals surface area contributed by atoms with E-state index in [4.69, 9.17) is 4.74 Å². The van der Waals surface area contributed by atoms with E-state index in [9.17, 15) is 9.59 Å². The second-order valence-electron chi connectivity index (χ2n) is 6.51. The van der Waals surface area contributed by atoms with Crippen LogP contribution in [0.5, 0.6) is 0 Å². The van der Waals surface area contributed by atoms with Crippen molar-refractivity contribution >= 4 is 34.5 Å². The molecular formula is C18H21N3O3S2. The molecule has 0 N–H and O–H groups in total. The van der Waals surface area contributed by atoms with Crippen molar-refractivity contribution in [1.29, 1.82) is 0 Å². The highest BCUT2D eigenvalue weighted by molar-refractivity contribution is 7.20. The van der Waals surface area contributed by atoms with Gasteiger partial charge in [0, 0.05) is 38.2 Å². The minimum atomic E-state index is -0.275. The summed E-state index contributed by atoms with van der Waals surface area (Å²) in [7, 11) is 0. The van der Waals surface area contributed by atoms with Crippen LogP contribution in [0.2, 0.25) is 0 Å². The summed E-state index contributed by atoms with van der Waals surface area (Å²) in [5.41, 5.74) is 0.821. The maximum absolute atomic E-state index is 12.6. The number of thiophene rings is 1. The lowest BCUT2D eigenvalue weighted by Gasteiger charge is -2.35. The van der Waals surface area contributed by atoms with Crippen molar-refractivity contribution in [1.82, 2.24) is 14.8 Å². The average molecular weight is 392 g/mol. The Hall–Kier alpha value is -1.77. The van der Waals surface area contributed by atoms with Gasteiger partial charge in [-0.25, -0.2) is 4.98 Å². The summed E-state index contributed by atoms with van der Waals surface area (Å²) in [6.45, 7) is 3.01. The Balaban J connectivity index is 1.29. The highest BCUT2D eigenvalue weighted by atomic mass is 32.1. The summed E-state index contributed by atoms with van der Waals surface area (Å²) in [5, 5.41) is 4.96. The molecule has 0 aromatic carbocycles. The molecule has 8 heteroatoms. The number of amides is 2. The Morgan fingerprint density at radius 1 is 1.19 bits per heavy atom. The first-order valence-corrected chi connectivity index (χ1v) is 10.6. The van der Waals surface area contributed by atoms with Gasteiger partial charge in [-0.05, 0) is 24.3 Å². The van der Waals surface area contributed by atoms with E-state index < -0.39 is 0 Å². The molecule has 138 valence electrons. The first kappa shape index (κ1) is 17.6. The SMILES string of the molecule is O=C(Cc1csc(-c2cccs2)n1)N1CCN(C(=O)C2CCCO2)CC1. The highest BCUT2D eigenvalue weighted by Crippen LogP contribution is 2.28. The third-order valence-corrected chi connectivity index (χ3v) is 6.70. The number of nitrogens with zero attached hydrogens (tertiary/aromatic N) is 3. The zero-order valence-corrected chi connectivity index (χ0v) is 16.1. The van der Waals surface area contributed by atoms with Crippen molar-refractivity contribution in [2.45, 2.75) is 25.4 Å². The van der Waals surface area contributed by atoms with Crippen LogP contribution in [-0.4, -0.2) is 65.5 Å². The molecule has 2 aliphatic heterocycles. The van der Waals surface area contributed by atoms with Gasteiger partial charge in [0.05, 0.1) is 17.0 Å². The van der Waals surface area contributed by atoms with Gasteiger partial charge in [0.15, 0.2) is 0 Å². The van der Waals surface area contributed by atoms with Crippen LogP contribution < -0.4 is 0 Å². The predicted molar refractivity (Wildman–Crippen MR) is 101 cm³/mol. The molecule has 2 aromatic rings. The fraction of sp³-hybridized carbons (Fsp3) is 0.500. The second-order valence-corrected chi connectivity index (χ2v) is 8.31. The van der Waals surface area contributed by atoms with Gasteiger partial charge >= 0.3 is 0 Å². The zero-order chi connectivity index (χ0) is 17.9. The van der Waals surface area contributed by atoms with Crippen LogP contribution in [0.4, 0.5) is 0 Å². The Kier molecular flexibility index (Phi) is 5.33. The smallest absolute Gasteiger partial charge is 0.251 e. The maximum atomic E-state index is 12.6. The van der Waals surface area contributed by atoms with E-state index in [-0.39, 0.29) is 17.9 Å². The summed E-state index contributed by atoms with van der Waals surface area (Å²) < 4.78 is 5.48. The standard InChI is InChI=1S/C18H21N3O3S2/c22-16(11-13-12-26-17(19-13)15-4-2-10-25-15)20-5-7-21(8-6-20)18(23)14-3-1-9-24-14/h2,4,10,12,14H,1,3,5-9,11H2. The third-order valence-electron chi connectivity index (χ3n) is 4.77. The van der Waals surface area contributed by atoms with E-state index in [1.807, 2.05) is 32.7 Å². The van der Waals surface area contributed by atoms with Gasteiger partial charge in [0.1, 0.15) is 11.1 Å². The number of rotatable bonds is 4. The van der Waals surface area contributed by atoms with Crippen molar-refractivity contribution in [3.05, 3.63) is 28.6 Å². The second kappa shape index (κ2) is 7.85. The van der Waals surface area contributed by atoms with E-state index in [1.54, 1.807) is 22.7 Å². The van der Waals surface area contributed by atoms with E-state index in [0.717, 1.165) is 28.4 Å². The van der Waals surface area contributed by atoms with Gasteiger partial charge in [0.2, 0.25) is 5.91 Å². The van der Waals surface area contributed by atoms with Crippen molar-refractivity contribution < 1.29 is 14.3 Å². The monoisotopic (exact) mass is 391 g/mol. The van der Waals surface area contributed by atoms with E-state index in [1.165, 1.54) is 0 Å². The lowest BCUT2D eigenvalue weighted by atomic mass is 10.2. The number of hydrogen-bond acceptors (Lipinski definition) is 6. The highest BCUT2D eigenvalue weighted by Gasteiger charge is 2.31. The van der Waals surface area contributed by atoms with Crippen LogP contribution in [-0.2, 0) is 20.7 Å². The Bertz CT molecular complexity index is 761.